The van der Waals surface area contributed by atoms with Crippen molar-refractivity contribution < 1.29 is 14.3 Å². The molecule has 0 saturated carbocycles. The minimum absolute atomic E-state index is 0.0638. The Morgan fingerprint density at radius 1 is 1.35 bits per heavy atom. The molecule has 1 fully saturated rings. The van der Waals surface area contributed by atoms with Crippen LogP contribution in [0.1, 0.15) is 5.56 Å². The molecule has 1 aromatic carbocycles. The van der Waals surface area contributed by atoms with Crippen molar-refractivity contribution in [1.82, 2.24) is 15.7 Å². The van der Waals surface area contributed by atoms with Crippen LogP contribution in [0.15, 0.2) is 30.3 Å². The second kappa shape index (κ2) is 7.63. The fourth-order valence-corrected chi connectivity index (χ4v) is 2.75. The van der Waals surface area contributed by atoms with Gasteiger partial charge in [0.05, 0.1) is 26.0 Å². The van der Waals surface area contributed by atoms with Crippen LogP contribution in [0.4, 0.5) is 0 Å². The highest BCUT2D eigenvalue weighted by molar-refractivity contribution is 7.80. The summed E-state index contributed by atoms with van der Waals surface area (Å²) in [5.41, 5.74) is 4.98. The lowest BCUT2D eigenvalue weighted by Crippen LogP contribution is -2.47. The van der Waals surface area contributed by atoms with Crippen molar-refractivity contribution in [2.24, 2.45) is 0 Å². The van der Waals surface area contributed by atoms with Crippen molar-refractivity contribution in [3.63, 3.8) is 0 Å². The predicted molar refractivity (Wildman–Crippen MR) is 92.0 cm³/mol. The Morgan fingerprint density at radius 3 is 2.78 bits per heavy atom. The summed E-state index contributed by atoms with van der Waals surface area (Å²) in [6.07, 6.45) is 1.99. The Labute approximate surface area is 141 Å². The molecule has 2 N–H and O–H groups in total. The van der Waals surface area contributed by atoms with Crippen LogP contribution in [0.5, 0.6) is 5.75 Å². The zero-order valence-corrected chi connectivity index (χ0v) is 13.9. The Morgan fingerprint density at radius 2 is 2.09 bits per heavy atom. The van der Waals surface area contributed by atoms with Gasteiger partial charge in [0.2, 0.25) is 0 Å². The van der Waals surface area contributed by atoms with Gasteiger partial charge in [0.15, 0.2) is 5.11 Å². The van der Waals surface area contributed by atoms with E-state index in [9.17, 15) is 0 Å². The summed E-state index contributed by atoms with van der Waals surface area (Å²) in [7, 11) is 1.66. The van der Waals surface area contributed by atoms with Crippen molar-refractivity contribution >= 4 is 23.0 Å². The van der Waals surface area contributed by atoms with Gasteiger partial charge in [-0.2, -0.15) is 0 Å². The van der Waals surface area contributed by atoms with Gasteiger partial charge >= 0.3 is 0 Å². The Bertz CT molecular complexity index is 570. The number of hydrogen-bond donors (Lipinski definition) is 2. The number of nitrogens with one attached hydrogen (secondary N) is 2. The lowest BCUT2D eigenvalue weighted by atomic mass is 10.1. The van der Waals surface area contributed by atoms with Gasteiger partial charge in [0.25, 0.3) is 0 Å². The van der Waals surface area contributed by atoms with Gasteiger partial charge < -0.3 is 19.7 Å². The maximum absolute atomic E-state index is 5.58. The number of morpholine rings is 1. The van der Waals surface area contributed by atoms with Crippen molar-refractivity contribution in [3.05, 3.63) is 35.9 Å². The highest BCUT2D eigenvalue weighted by Crippen LogP contribution is 2.20. The van der Waals surface area contributed by atoms with E-state index in [0.29, 0.717) is 6.54 Å². The van der Waals surface area contributed by atoms with Crippen molar-refractivity contribution in [3.8, 4) is 5.75 Å². The maximum Gasteiger partial charge on any atom is 0.169 e. The molecule has 1 aromatic rings. The SMILES string of the molecule is COc1ccc(C2=C[C@@H](CNC(=S)N3CCOCC3)ON2)cc1. The number of hydroxylamine groups is 1. The summed E-state index contributed by atoms with van der Waals surface area (Å²) < 4.78 is 10.5. The molecule has 2 aliphatic heterocycles. The van der Waals surface area contributed by atoms with Gasteiger partial charge in [-0.25, -0.2) is 0 Å². The van der Waals surface area contributed by atoms with E-state index in [1.165, 1.54) is 0 Å². The molecular formula is C16H21N3O3S. The van der Waals surface area contributed by atoms with E-state index in [1.54, 1.807) is 7.11 Å². The smallest absolute Gasteiger partial charge is 0.169 e. The zero-order valence-electron chi connectivity index (χ0n) is 13.1. The summed E-state index contributed by atoms with van der Waals surface area (Å²) in [6, 6.07) is 7.85. The Balaban J connectivity index is 1.51. The van der Waals surface area contributed by atoms with Crippen LogP contribution >= 0.6 is 12.2 Å². The number of nitrogens with zero attached hydrogens (tertiary/aromatic N) is 1. The molecule has 23 heavy (non-hydrogen) atoms. The van der Waals surface area contributed by atoms with E-state index < -0.39 is 0 Å². The first-order valence-corrected chi connectivity index (χ1v) is 8.05. The molecule has 0 aromatic heterocycles. The van der Waals surface area contributed by atoms with Gasteiger partial charge in [0.1, 0.15) is 11.9 Å². The standard InChI is InChI=1S/C16H21N3O3S/c1-20-13-4-2-12(3-5-13)15-10-14(22-18-15)11-17-16(23)19-6-8-21-9-7-19/h2-5,10,14,18H,6-9,11H2,1H3,(H,17,23)/t14-/m0/s1. The number of thiocarbonyl (C=S) groups is 1. The number of ether oxygens (including phenoxy) is 2. The molecule has 0 amide bonds. The third-order valence-electron chi connectivity index (χ3n) is 3.83. The average Bonchev–Trinajstić information content (AvgIpc) is 3.09. The third kappa shape index (κ3) is 4.13. The molecule has 0 aliphatic carbocycles. The molecule has 0 radical (unpaired) electrons. The van der Waals surface area contributed by atoms with Gasteiger partial charge in [0, 0.05) is 19.6 Å². The molecule has 2 aliphatic rings. The molecule has 1 atom stereocenters. The van der Waals surface area contributed by atoms with Gasteiger partial charge in [-0.3, -0.25) is 10.3 Å². The normalized spacial score (nSPS) is 20.7. The van der Waals surface area contributed by atoms with Gasteiger partial charge in [-0.15, -0.1) is 0 Å². The van der Waals surface area contributed by atoms with Gasteiger partial charge in [-0.1, -0.05) is 0 Å². The molecule has 7 heteroatoms. The first-order valence-electron chi connectivity index (χ1n) is 7.64. The summed E-state index contributed by atoms with van der Waals surface area (Å²) in [5, 5.41) is 4.01. The monoisotopic (exact) mass is 335 g/mol. The van der Waals surface area contributed by atoms with E-state index in [4.69, 9.17) is 26.5 Å². The van der Waals surface area contributed by atoms with Crippen LogP contribution in [-0.2, 0) is 9.57 Å². The van der Waals surface area contributed by atoms with Crippen molar-refractivity contribution in [1.29, 1.82) is 0 Å². The fraction of sp³-hybridized carbons (Fsp3) is 0.438. The highest BCUT2D eigenvalue weighted by Gasteiger charge is 2.19. The highest BCUT2D eigenvalue weighted by atomic mass is 32.1. The summed E-state index contributed by atoms with van der Waals surface area (Å²) in [5.74, 6) is 0.836. The molecule has 0 bridgehead atoms. The third-order valence-corrected chi connectivity index (χ3v) is 4.23. The molecule has 0 unspecified atom stereocenters. The second-order valence-corrected chi connectivity index (χ2v) is 5.74. The summed E-state index contributed by atoms with van der Waals surface area (Å²) in [6.45, 7) is 3.75. The summed E-state index contributed by atoms with van der Waals surface area (Å²) in [4.78, 5) is 7.70. The van der Waals surface area contributed by atoms with Crippen LogP contribution < -0.4 is 15.5 Å². The number of hydrogen-bond acceptors (Lipinski definition) is 5. The Hall–Kier alpha value is -1.83. The van der Waals surface area contributed by atoms with Crippen molar-refractivity contribution in [2.45, 2.75) is 6.10 Å². The fourth-order valence-electron chi connectivity index (χ4n) is 2.49. The van der Waals surface area contributed by atoms with E-state index in [1.807, 2.05) is 24.3 Å². The van der Waals surface area contributed by atoms with Crippen LogP contribution in [0.2, 0.25) is 0 Å². The minimum atomic E-state index is -0.0638. The van der Waals surface area contributed by atoms with E-state index in [-0.39, 0.29) is 6.10 Å². The van der Waals surface area contributed by atoms with Crippen LogP contribution in [-0.4, -0.2) is 56.1 Å². The maximum atomic E-state index is 5.58. The van der Waals surface area contributed by atoms with Crippen LogP contribution in [0.25, 0.3) is 5.70 Å². The van der Waals surface area contributed by atoms with E-state index in [2.05, 4.69) is 21.8 Å². The first-order chi connectivity index (χ1) is 11.3. The Kier molecular flexibility index (Phi) is 5.32. The molecule has 1 saturated heterocycles. The molecule has 3 rings (SSSR count). The first kappa shape index (κ1) is 16.0. The average molecular weight is 335 g/mol. The number of rotatable bonds is 4. The molecule has 6 nitrogen and oxygen atoms in total. The lowest BCUT2D eigenvalue weighted by molar-refractivity contribution is 0.0516. The van der Waals surface area contributed by atoms with Gasteiger partial charge in [-0.05, 0) is 48.1 Å². The second-order valence-electron chi connectivity index (χ2n) is 5.35. The number of benzene rings is 1. The molecule has 2 heterocycles. The summed E-state index contributed by atoms with van der Waals surface area (Å²) >= 11 is 5.41. The predicted octanol–water partition coefficient (Wildman–Crippen LogP) is 1.15. The largest absolute Gasteiger partial charge is 0.497 e. The molecule has 124 valence electrons. The molecule has 0 spiro atoms. The minimum Gasteiger partial charge on any atom is -0.497 e. The van der Waals surface area contributed by atoms with E-state index >= 15 is 0 Å². The van der Waals surface area contributed by atoms with Crippen molar-refractivity contribution in [2.75, 3.05) is 40.0 Å². The topological polar surface area (TPSA) is 55.0 Å². The van der Waals surface area contributed by atoms with Crippen LogP contribution in [0.3, 0.4) is 0 Å². The quantitative estimate of drug-likeness (QED) is 0.801. The number of methoxy groups -OCH3 is 1. The van der Waals surface area contributed by atoms with Crippen LogP contribution in [0, 0.1) is 0 Å². The zero-order chi connectivity index (χ0) is 16.1. The molecular weight excluding hydrogens is 314 g/mol. The van der Waals surface area contributed by atoms with E-state index in [0.717, 1.165) is 48.4 Å². The lowest BCUT2D eigenvalue weighted by Gasteiger charge is -2.29.